The number of aromatic nitrogens is 2. The fourth-order valence-electron chi connectivity index (χ4n) is 2.03. The molecule has 112 valence electrons. The highest BCUT2D eigenvalue weighted by Crippen LogP contribution is 2.33. The summed E-state index contributed by atoms with van der Waals surface area (Å²) in [6, 6.07) is 3.50. The van der Waals surface area contributed by atoms with Gasteiger partial charge < -0.3 is 20.5 Å². The van der Waals surface area contributed by atoms with Crippen LogP contribution in [0.1, 0.15) is 16.1 Å². The van der Waals surface area contributed by atoms with Crippen LogP contribution in [-0.4, -0.2) is 29.9 Å². The number of benzene rings is 1. The van der Waals surface area contributed by atoms with Crippen molar-refractivity contribution in [3.63, 3.8) is 0 Å². The highest BCUT2D eigenvalue weighted by atomic mass is 16.5. The van der Waals surface area contributed by atoms with Crippen molar-refractivity contribution in [1.29, 1.82) is 0 Å². The molecule has 7 nitrogen and oxygen atoms in total. The molecular formula is C14H18N4O3. The minimum atomic E-state index is -0.331. The molecule has 0 radical (unpaired) electrons. The van der Waals surface area contributed by atoms with E-state index in [1.165, 1.54) is 18.0 Å². The number of amides is 1. The van der Waals surface area contributed by atoms with Gasteiger partial charge in [0.2, 0.25) is 0 Å². The first kappa shape index (κ1) is 14.7. The minimum Gasteiger partial charge on any atom is -0.493 e. The number of carbonyl (C=O) groups is 1. The van der Waals surface area contributed by atoms with E-state index in [2.05, 4.69) is 10.4 Å². The maximum atomic E-state index is 12.3. The van der Waals surface area contributed by atoms with Crippen molar-refractivity contribution in [3.05, 3.63) is 29.6 Å². The van der Waals surface area contributed by atoms with Gasteiger partial charge in [-0.1, -0.05) is 0 Å². The van der Waals surface area contributed by atoms with Gasteiger partial charge in [0.1, 0.15) is 5.69 Å². The number of nitrogens with one attached hydrogen (secondary N) is 1. The Balaban J connectivity index is 2.33. The first-order valence-corrected chi connectivity index (χ1v) is 6.29. The molecule has 1 aromatic heterocycles. The monoisotopic (exact) mass is 290 g/mol. The number of carbonyl (C=O) groups excluding carboxylic acids is 1. The lowest BCUT2D eigenvalue weighted by atomic mass is 10.1. The quantitative estimate of drug-likeness (QED) is 0.892. The summed E-state index contributed by atoms with van der Waals surface area (Å²) in [5.41, 5.74) is 7.86. The molecule has 1 aromatic carbocycles. The van der Waals surface area contributed by atoms with E-state index in [1.807, 2.05) is 6.92 Å². The van der Waals surface area contributed by atoms with E-state index in [0.29, 0.717) is 28.6 Å². The third-order valence-corrected chi connectivity index (χ3v) is 3.16. The van der Waals surface area contributed by atoms with Gasteiger partial charge in [-0.3, -0.25) is 9.48 Å². The zero-order chi connectivity index (χ0) is 15.6. The van der Waals surface area contributed by atoms with Crippen LogP contribution in [0.3, 0.4) is 0 Å². The van der Waals surface area contributed by atoms with Crippen molar-refractivity contribution in [2.45, 2.75) is 6.92 Å². The number of nitrogens with two attached hydrogens (primary N) is 1. The summed E-state index contributed by atoms with van der Waals surface area (Å²) in [6.07, 6.45) is 1.44. The molecule has 1 heterocycles. The van der Waals surface area contributed by atoms with E-state index in [9.17, 15) is 4.79 Å². The summed E-state index contributed by atoms with van der Waals surface area (Å²) in [6.45, 7) is 1.87. The Morgan fingerprint density at radius 3 is 2.43 bits per heavy atom. The van der Waals surface area contributed by atoms with Crippen LogP contribution in [0, 0.1) is 6.92 Å². The molecule has 2 rings (SSSR count). The molecule has 1 amide bonds. The van der Waals surface area contributed by atoms with Crippen molar-refractivity contribution in [1.82, 2.24) is 9.78 Å². The number of hydrogen-bond donors (Lipinski definition) is 2. The lowest BCUT2D eigenvalue weighted by molar-refractivity contribution is 0.101. The summed E-state index contributed by atoms with van der Waals surface area (Å²) in [5, 5.41) is 6.75. The van der Waals surface area contributed by atoms with Gasteiger partial charge in [-0.2, -0.15) is 5.10 Å². The summed E-state index contributed by atoms with van der Waals surface area (Å²) >= 11 is 0. The topological polar surface area (TPSA) is 91.4 Å². The van der Waals surface area contributed by atoms with Gasteiger partial charge in [0.05, 0.1) is 26.1 Å². The second kappa shape index (κ2) is 5.74. The van der Waals surface area contributed by atoms with Gasteiger partial charge in [-0.05, 0) is 18.6 Å². The summed E-state index contributed by atoms with van der Waals surface area (Å²) in [7, 11) is 4.76. The van der Waals surface area contributed by atoms with E-state index >= 15 is 0 Å². The molecule has 0 saturated heterocycles. The van der Waals surface area contributed by atoms with E-state index < -0.39 is 0 Å². The maximum Gasteiger partial charge on any atom is 0.276 e. The number of nitrogen functional groups attached to an aromatic ring is 1. The van der Waals surface area contributed by atoms with Gasteiger partial charge in [0.15, 0.2) is 11.5 Å². The second-order valence-corrected chi connectivity index (χ2v) is 4.55. The Labute approximate surface area is 122 Å². The third-order valence-electron chi connectivity index (χ3n) is 3.16. The van der Waals surface area contributed by atoms with E-state index in [1.54, 1.807) is 26.3 Å². The van der Waals surface area contributed by atoms with Crippen molar-refractivity contribution in [3.8, 4) is 11.5 Å². The summed E-state index contributed by atoms with van der Waals surface area (Å²) < 4.78 is 11.9. The smallest absolute Gasteiger partial charge is 0.276 e. The molecule has 0 fully saturated rings. The van der Waals surface area contributed by atoms with E-state index in [0.717, 1.165) is 5.56 Å². The van der Waals surface area contributed by atoms with Crippen molar-refractivity contribution < 1.29 is 14.3 Å². The first-order chi connectivity index (χ1) is 9.97. The van der Waals surface area contributed by atoms with Gasteiger partial charge >= 0.3 is 0 Å². The SMILES string of the molecule is COc1cc(C)c(NC(=O)c2c(N)cnn2C)cc1OC. The lowest BCUT2D eigenvalue weighted by Gasteiger charge is -2.14. The predicted octanol–water partition coefficient (Wildman–Crippen LogP) is 1.58. The summed E-state index contributed by atoms with van der Waals surface area (Å²) in [5.74, 6) is 0.812. The molecule has 0 spiro atoms. The fourth-order valence-corrected chi connectivity index (χ4v) is 2.03. The summed E-state index contributed by atoms with van der Waals surface area (Å²) in [4.78, 5) is 12.3. The van der Waals surface area contributed by atoms with Gasteiger partial charge in [-0.15, -0.1) is 0 Å². The van der Waals surface area contributed by atoms with Crippen LogP contribution in [0.15, 0.2) is 18.3 Å². The van der Waals surface area contributed by atoms with Gasteiger partial charge in [0.25, 0.3) is 5.91 Å². The van der Waals surface area contributed by atoms with Gasteiger partial charge in [0, 0.05) is 18.8 Å². The normalized spacial score (nSPS) is 10.3. The number of ether oxygens (including phenoxy) is 2. The Hall–Kier alpha value is -2.70. The van der Waals surface area contributed by atoms with Crippen LogP contribution >= 0.6 is 0 Å². The number of hydrogen-bond acceptors (Lipinski definition) is 5. The van der Waals surface area contributed by atoms with Crippen molar-refractivity contribution in [2.75, 3.05) is 25.3 Å². The third kappa shape index (κ3) is 2.76. The second-order valence-electron chi connectivity index (χ2n) is 4.55. The number of aryl methyl sites for hydroxylation is 2. The molecule has 0 aliphatic heterocycles. The van der Waals surface area contributed by atoms with Crippen LogP contribution in [-0.2, 0) is 7.05 Å². The average Bonchev–Trinajstić information content (AvgIpc) is 2.79. The molecule has 0 atom stereocenters. The van der Waals surface area contributed by atoms with E-state index in [4.69, 9.17) is 15.2 Å². The van der Waals surface area contributed by atoms with Crippen LogP contribution in [0.2, 0.25) is 0 Å². The number of nitrogens with zero attached hydrogens (tertiary/aromatic N) is 2. The average molecular weight is 290 g/mol. The van der Waals surface area contributed by atoms with Crippen LogP contribution in [0.25, 0.3) is 0 Å². The fraction of sp³-hybridized carbons (Fsp3) is 0.286. The highest BCUT2D eigenvalue weighted by molar-refractivity contribution is 6.06. The van der Waals surface area contributed by atoms with Crippen LogP contribution in [0.4, 0.5) is 11.4 Å². The molecule has 2 aromatic rings. The largest absolute Gasteiger partial charge is 0.493 e. The Morgan fingerprint density at radius 1 is 1.29 bits per heavy atom. The molecule has 7 heteroatoms. The maximum absolute atomic E-state index is 12.3. The molecular weight excluding hydrogens is 272 g/mol. The number of methoxy groups -OCH3 is 2. The van der Waals surface area contributed by atoms with Crippen molar-refractivity contribution in [2.24, 2.45) is 7.05 Å². The molecule has 0 aliphatic rings. The number of rotatable bonds is 4. The molecule has 21 heavy (non-hydrogen) atoms. The van der Waals surface area contributed by atoms with Crippen LogP contribution < -0.4 is 20.5 Å². The van der Waals surface area contributed by atoms with Crippen LogP contribution in [0.5, 0.6) is 11.5 Å². The Morgan fingerprint density at radius 2 is 1.90 bits per heavy atom. The Bertz CT molecular complexity index is 660. The molecule has 0 unspecified atom stereocenters. The van der Waals surface area contributed by atoms with Crippen molar-refractivity contribution >= 4 is 17.3 Å². The molecule has 0 aliphatic carbocycles. The first-order valence-electron chi connectivity index (χ1n) is 6.29. The Kier molecular flexibility index (Phi) is 4.02. The molecule has 3 N–H and O–H groups in total. The molecule has 0 bridgehead atoms. The predicted molar refractivity (Wildman–Crippen MR) is 79.9 cm³/mol. The lowest BCUT2D eigenvalue weighted by Crippen LogP contribution is -2.18. The van der Waals surface area contributed by atoms with Gasteiger partial charge in [-0.25, -0.2) is 0 Å². The number of anilines is 2. The zero-order valence-electron chi connectivity index (χ0n) is 12.4. The zero-order valence-corrected chi connectivity index (χ0v) is 12.4. The standard InChI is InChI=1S/C14H18N4O3/c1-8-5-11(20-3)12(21-4)6-10(8)17-14(19)13-9(15)7-16-18(13)2/h5-7H,15H2,1-4H3,(H,17,19). The minimum absolute atomic E-state index is 0.309. The van der Waals surface area contributed by atoms with E-state index in [-0.39, 0.29) is 5.91 Å². The highest BCUT2D eigenvalue weighted by Gasteiger charge is 2.17. The molecule has 0 saturated carbocycles.